The minimum atomic E-state index is -0.561. The summed E-state index contributed by atoms with van der Waals surface area (Å²) in [6.45, 7) is 0.231. The molecule has 1 aliphatic rings. The number of anilines is 1. The molecule has 92 valence electrons. The van der Waals surface area contributed by atoms with E-state index in [4.69, 9.17) is 4.74 Å². The highest BCUT2D eigenvalue weighted by Crippen LogP contribution is 2.26. The summed E-state index contributed by atoms with van der Waals surface area (Å²) in [7, 11) is 0. The van der Waals surface area contributed by atoms with Crippen LogP contribution in [0.25, 0.3) is 0 Å². The number of aryl methyl sites for hydroxylation is 1. The predicted octanol–water partition coefficient (Wildman–Crippen LogP) is 1.24. The maximum absolute atomic E-state index is 11.2. The molecule has 1 heterocycles. The van der Waals surface area contributed by atoms with Gasteiger partial charge in [0.1, 0.15) is 12.4 Å². The van der Waals surface area contributed by atoms with Crippen molar-refractivity contribution in [2.75, 3.05) is 17.7 Å². The second kappa shape index (κ2) is 5.42. The Balaban J connectivity index is 2.04. The van der Waals surface area contributed by atoms with Gasteiger partial charge in [-0.15, -0.1) is 0 Å². The van der Waals surface area contributed by atoms with Crippen LogP contribution in [0.4, 0.5) is 5.69 Å². The first-order valence-electron chi connectivity index (χ1n) is 5.53. The third-order valence-electron chi connectivity index (χ3n) is 2.63. The number of benzene rings is 1. The average molecular weight is 253 g/mol. The lowest BCUT2D eigenvalue weighted by atomic mass is 10.0. The normalized spacial score (nSPS) is 16.0. The Bertz CT molecular complexity index is 422. The van der Waals surface area contributed by atoms with Crippen molar-refractivity contribution in [2.24, 2.45) is 0 Å². The number of ether oxygens (including phenoxy) is 1. The molecule has 0 aromatic heterocycles. The molecule has 1 amide bonds. The molecule has 0 saturated heterocycles. The van der Waals surface area contributed by atoms with Crippen molar-refractivity contribution in [3.63, 3.8) is 0 Å². The summed E-state index contributed by atoms with van der Waals surface area (Å²) in [6, 6.07) is 5.52. The molecule has 0 fully saturated rings. The molecular formula is C12H15NO3S. The van der Waals surface area contributed by atoms with Crippen LogP contribution < -0.4 is 10.1 Å². The van der Waals surface area contributed by atoms with Crippen LogP contribution in [-0.4, -0.2) is 29.5 Å². The lowest BCUT2D eigenvalue weighted by molar-refractivity contribution is -0.116. The van der Waals surface area contributed by atoms with Crippen LogP contribution in [0.5, 0.6) is 5.75 Å². The molecule has 2 rings (SSSR count). The van der Waals surface area contributed by atoms with Gasteiger partial charge in [0.25, 0.3) is 0 Å². The van der Waals surface area contributed by atoms with Crippen molar-refractivity contribution in [1.82, 2.24) is 0 Å². The summed E-state index contributed by atoms with van der Waals surface area (Å²) < 4.78 is 5.44. The quantitative estimate of drug-likeness (QED) is 0.708. The molecule has 0 spiro atoms. The third-order valence-corrected chi connectivity index (χ3v) is 3.05. The molecule has 1 atom stereocenters. The number of amides is 1. The number of aliphatic hydroxyl groups excluding tert-OH is 1. The van der Waals surface area contributed by atoms with Gasteiger partial charge in [-0.2, -0.15) is 12.6 Å². The maximum atomic E-state index is 11.2. The Kier molecular flexibility index (Phi) is 3.91. The van der Waals surface area contributed by atoms with Gasteiger partial charge in [0, 0.05) is 17.9 Å². The first-order valence-corrected chi connectivity index (χ1v) is 6.17. The lowest BCUT2D eigenvalue weighted by Crippen LogP contribution is -2.20. The third kappa shape index (κ3) is 3.14. The number of hydrogen-bond acceptors (Lipinski definition) is 4. The summed E-state index contributed by atoms with van der Waals surface area (Å²) in [5, 5.41) is 12.1. The molecule has 0 saturated carbocycles. The van der Waals surface area contributed by atoms with E-state index in [0.717, 1.165) is 17.7 Å². The van der Waals surface area contributed by atoms with E-state index >= 15 is 0 Å². The Morgan fingerprint density at radius 2 is 2.29 bits per heavy atom. The van der Waals surface area contributed by atoms with E-state index in [0.29, 0.717) is 17.9 Å². The number of thiol groups is 1. The molecule has 0 aliphatic carbocycles. The molecule has 4 nitrogen and oxygen atoms in total. The minimum Gasteiger partial charge on any atom is -0.491 e. The smallest absolute Gasteiger partial charge is 0.224 e. The number of nitrogens with one attached hydrogen (secondary N) is 1. The van der Waals surface area contributed by atoms with Crippen LogP contribution in [0.15, 0.2) is 18.2 Å². The zero-order chi connectivity index (χ0) is 12.3. The highest BCUT2D eigenvalue weighted by Gasteiger charge is 2.15. The van der Waals surface area contributed by atoms with Crippen LogP contribution >= 0.6 is 12.6 Å². The molecule has 1 aromatic carbocycles. The minimum absolute atomic E-state index is 0.0525. The largest absolute Gasteiger partial charge is 0.491 e. The van der Waals surface area contributed by atoms with Crippen molar-refractivity contribution in [2.45, 2.75) is 18.9 Å². The summed E-state index contributed by atoms with van der Waals surface area (Å²) in [4.78, 5) is 11.2. The Morgan fingerprint density at radius 1 is 1.47 bits per heavy atom. The Hall–Kier alpha value is -1.20. The van der Waals surface area contributed by atoms with Crippen molar-refractivity contribution >= 4 is 24.2 Å². The fourth-order valence-corrected chi connectivity index (χ4v) is 1.80. The van der Waals surface area contributed by atoms with E-state index in [-0.39, 0.29) is 12.5 Å². The zero-order valence-electron chi connectivity index (χ0n) is 9.35. The first kappa shape index (κ1) is 12.3. The standard InChI is InChI=1S/C12H15NO3S/c14-9(7-17)6-16-10-2-3-11-8(5-10)1-4-12(15)13-11/h2-3,5,9,14,17H,1,4,6-7H2,(H,13,15). The van der Waals surface area contributed by atoms with E-state index in [1.54, 1.807) is 6.07 Å². The van der Waals surface area contributed by atoms with Crippen molar-refractivity contribution in [3.05, 3.63) is 23.8 Å². The van der Waals surface area contributed by atoms with Crippen molar-refractivity contribution in [1.29, 1.82) is 0 Å². The molecular weight excluding hydrogens is 238 g/mol. The van der Waals surface area contributed by atoms with Gasteiger partial charge in [-0.3, -0.25) is 4.79 Å². The average Bonchev–Trinajstić information content (AvgIpc) is 2.35. The number of carbonyl (C=O) groups excluding carboxylic acids is 1. The molecule has 17 heavy (non-hydrogen) atoms. The van der Waals surface area contributed by atoms with Crippen molar-refractivity contribution in [3.8, 4) is 5.75 Å². The van der Waals surface area contributed by atoms with Gasteiger partial charge >= 0.3 is 0 Å². The van der Waals surface area contributed by atoms with E-state index in [1.165, 1.54) is 0 Å². The summed E-state index contributed by atoms with van der Waals surface area (Å²) in [5.41, 5.74) is 1.92. The molecule has 1 aromatic rings. The molecule has 1 unspecified atom stereocenters. The molecule has 5 heteroatoms. The van der Waals surface area contributed by atoms with Gasteiger partial charge in [-0.05, 0) is 30.2 Å². The van der Waals surface area contributed by atoms with Gasteiger partial charge < -0.3 is 15.2 Å². The van der Waals surface area contributed by atoms with Gasteiger partial charge in [0.2, 0.25) is 5.91 Å². The van der Waals surface area contributed by atoms with Crippen LogP contribution in [0, 0.1) is 0 Å². The first-order chi connectivity index (χ1) is 8.19. The van der Waals surface area contributed by atoms with Crippen molar-refractivity contribution < 1.29 is 14.6 Å². The molecule has 0 bridgehead atoms. The van der Waals surface area contributed by atoms with Gasteiger partial charge in [0.05, 0.1) is 6.10 Å². The zero-order valence-corrected chi connectivity index (χ0v) is 10.2. The Morgan fingerprint density at radius 3 is 3.06 bits per heavy atom. The van der Waals surface area contributed by atoms with Gasteiger partial charge in [-0.1, -0.05) is 0 Å². The van der Waals surface area contributed by atoms with Crippen LogP contribution in [0.1, 0.15) is 12.0 Å². The van der Waals surface area contributed by atoms with Gasteiger partial charge in [0.15, 0.2) is 0 Å². The van der Waals surface area contributed by atoms with Crippen LogP contribution in [-0.2, 0) is 11.2 Å². The fourth-order valence-electron chi connectivity index (χ4n) is 1.69. The lowest BCUT2D eigenvalue weighted by Gasteiger charge is -2.18. The van der Waals surface area contributed by atoms with Crippen LogP contribution in [0.2, 0.25) is 0 Å². The highest BCUT2D eigenvalue weighted by atomic mass is 32.1. The molecule has 1 aliphatic heterocycles. The second-order valence-corrected chi connectivity index (χ2v) is 4.38. The van der Waals surface area contributed by atoms with Gasteiger partial charge in [-0.25, -0.2) is 0 Å². The summed E-state index contributed by atoms with van der Waals surface area (Å²) in [6.07, 6.45) is 0.678. The SMILES string of the molecule is O=C1CCc2cc(OCC(O)CS)ccc2N1. The van der Waals surface area contributed by atoms with E-state index in [9.17, 15) is 9.90 Å². The monoisotopic (exact) mass is 253 g/mol. The number of fused-ring (bicyclic) bond motifs is 1. The fraction of sp³-hybridized carbons (Fsp3) is 0.417. The molecule has 0 radical (unpaired) electrons. The number of aliphatic hydroxyl groups is 1. The summed E-state index contributed by atoms with van der Waals surface area (Å²) >= 11 is 3.97. The second-order valence-electron chi connectivity index (χ2n) is 4.01. The van der Waals surface area contributed by atoms with E-state index < -0.39 is 6.10 Å². The van der Waals surface area contributed by atoms with E-state index in [2.05, 4.69) is 17.9 Å². The number of rotatable bonds is 4. The highest BCUT2D eigenvalue weighted by molar-refractivity contribution is 7.80. The molecule has 2 N–H and O–H groups in total. The summed E-state index contributed by atoms with van der Waals surface area (Å²) in [5.74, 6) is 1.14. The van der Waals surface area contributed by atoms with E-state index in [1.807, 2.05) is 12.1 Å². The maximum Gasteiger partial charge on any atom is 0.224 e. The topological polar surface area (TPSA) is 58.6 Å². The number of hydrogen-bond donors (Lipinski definition) is 3. The van der Waals surface area contributed by atoms with Crippen LogP contribution in [0.3, 0.4) is 0 Å². The predicted molar refractivity (Wildman–Crippen MR) is 68.7 cm³/mol. The number of carbonyl (C=O) groups is 1. The Labute approximate surface area is 105 Å².